The molecule has 2 N–H and O–H groups in total. The van der Waals surface area contributed by atoms with Gasteiger partial charge >= 0.3 is 0 Å². The van der Waals surface area contributed by atoms with Crippen LogP contribution in [0.2, 0.25) is 0 Å². The summed E-state index contributed by atoms with van der Waals surface area (Å²) in [6.07, 6.45) is 0. The van der Waals surface area contributed by atoms with Crippen LogP contribution in [0.5, 0.6) is 23.0 Å². The van der Waals surface area contributed by atoms with Gasteiger partial charge in [0.15, 0.2) is 11.5 Å². The van der Waals surface area contributed by atoms with E-state index in [0.29, 0.717) is 19.0 Å². The first-order valence-corrected chi connectivity index (χ1v) is 4.51. The van der Waals surface area contributed by atoms with Crippen molar-refractivity contribution in [1.82, 2.24) is 0 Å². The predicted octanol–water partition coefficient (Wildman–Crippen LogP) is 1.90. The average molecular weight is 198 g/mol. The normalized spacial score (nSPS) is 9.86. The van der Waals surface area contributed by atoms with Gasteiger partial charge in [-0.2, -0.15) is 0 Å². The SMILES string of the molecule is CCOc1ccc(O)c(OCC)c1O. The van der Waals surface area contributed by atoms with Crippen LogP contribution in [-0.2, 0) is 0 Å². The molecule has 0 aliphatic rings. The highest BCUT2D eigenvalue weighted by Crippen LogP contribution is 2.42. The fourth-order valence-electron chi connectivity index (χ4n) is 1.10. The van der Waals surface area contributed by atoms with Crippen molar-refractivity contribution in [2.75, 3.05) is 13.2 Å². The fourth-order valence-corrected chi connectivity index (χ4v) is 1.10. The highest BCUT2D eigenvalue weighted by Gasteiger charge is 2.13. The van der Waals surface area contributed by atoms with Gasteiger partial charge in [0.2, 0.25) is 11.5 Å². The molecular formula is C10H14O4. The zero-order valence-corrected chi connectivity index (χ0v) is 8.28. The molecule has 0 radical (unpaired) electrons. The van der Waals surface area contributed by atoms with Crippen LogP contribution in [0.3, 0.4) is 0 Å². The monoisotopic (exact) mass is 198 g/mol. The van der Waals surface area contributed by atoms with Crippen LogP contribution < -0.4 is 9.47 Å². The van der Waals surface area contributed by atoms with Crippen molar-refractivity contribution in [3.8, 4) is 23.0 Å². The smallest absolute Gasteiger partial charge is 0.207 e. The molecule has 0 unspecified atom stereocenters. The summed E-state index contributed by atoms with van der Waals surface area (Å²) in [4.78, 5) is 0. The van der Waals surface area contributed by atoms with Gasteiger partial charge in [-0.05, 0) is 26.0 Å². The van der Waals surface area contributed by atoms with Crippen LogP contribution in [0.15, 0.2) is 12.1 Å². The number of ether oxygens (including phenoxy) is 2. The van der Waals surface area contributed by atoms with E-state index in [2.05, 4.69) is 0 Å². The lowest BCUT2D eigenvalue weighted by Gasteiger charge is -2.11. The second-order valence-electron chi connectivity index (χ2n) is 2.63. The summed E-state index contributed by atoms with van der Waals surface area (Å²) < 4.78 is 10.2. The molecule has 0 aromatic heterocycles. The molecule has 0 fully saturated rings. The molecule has 4 nitrogen and oxygen atoms in total. The number of benzene rings is 1. The summed E-state index contributed by atoms with van der Waals surface area (Å²) in [7, 11) is 0. The van der Waals surface area contributed by atoms with E-state index in [1.165, 1.54) is 12.1 Å². The van der Waals surface area contributed by atoms with Crippen LogP contribution >= 0.6 is 0 Å². The molecule has 0 heterocycles. The lowest BCUT2D eigenvalue weighted by atomic mass is 10.2. The number of phenols is 2. The number of hydrogen-bond donors (Lipinski definition) is 2. The molecule has 14 heavy (non-hydrogen) atoms. The summed E-state index contributed by atoms with van der Waals surface area (Å²) in [5.41, 5.74) is 0. The predicted molar refractivity (Wildman–Crippen MR) is 52.1 cm³/mol. The van der Waals surface area contributed by atoms with E-state index in [1.54, 1.807) is 6.92 Å². The van der Waals surface area contributed by atoms with Crippen molar-refractivity contribution < 1.29 is 19.7 Å². The molecule has 1 rings (SSSR count). The maximum atomic E-state index is 9.62. The van der Waals surface area contributed by atoms with Gasteiger partial charge in [0.25, 0.3) is 0 Å². The Balaban J connectivity index is 3.05. The molecule has 4 heteroatoms. The van der Waals surface area contributed by atoms with Crippen molar-refractivity contribution in [2.24, 2.45) is 0 Å². The second-order valence-corrected chi connectivity index (χ2v) is 2.63. The Labute approximate surface area is 82.7 Å². The zero-order chi connectivity index (χ0) is 10.6. The minimum absolute atomic E-state index is 0.0680. The molecule has 1 aromatic carbocycles. The first kappa shape index (κ1) is 10.5. The number of hydrogen-bond acceptors (Lipinski definition) is 4. The molecule has 0 spiro atoms. The molecule has 1 aromatic rings. The van der Waals surface area contributed by atoms with Crippen LogP contribution in [0.25, 0.3) is 0 Å². The summed E-state index contributed by atoms with van der Waals surface area (Å²) >= 11 is 0. The average Bonchev–Trinajstić information content (AvgIpc) is 2.17. The third-order valence-electron chi connectivity index (χ3n) is 1.66. The third kappa shape index (κ3) is 2.02. The van der Waals surface area contributed by atoms with Crippen molar-refractivity contribution in [3.63, 3.8) is 0 Å². The summed E-state index contributed by atoms with van der Waals surface area (Å²) in [5, 5.41) is 19.0. The van der Waals surface area contributed by atoms with E-state index in [-0.39, 0.29) is 17.2 Å². The Bertz CT molecular complexity index is 309. The lowest BCUT2D eigenvalue weighted by Crippen LogP contribution is -1.96. The molecular weight excluding hydrogens is 184 g/mol. The molecule has 78 valence electrons. The van der Waals surface area contributed by atoms with E-state index < -0.39 is 0 Å². The molecule has 0 amide bonds. The standard InChI is InChI=1S/C10H14O4/c1-3-13-8-6-5-7(11)10(9(8)12)14-4-2/h5-6,11-12H,3-4H2,1-2H3. The van der Waals surface area contributed by atoms with Crippen LogP contribution in [0, 0.1) is 0 Å². The van der Waals surface area contributed by atoms with Crippen LogP contribution in [-0.4, -0.2) is 23.4 Å². The molecule has 0 saturated carbocycles. The lowest BCUT2D eigenvalue weighted by molar-refractivity contribution is 0.277. The summed E-state index contributed by atoms with van der Waals surface area (Å²) in [6, 6.07) is 2.92. The van der Waals surface area contributed by atoms with Gasteiger partial charge in [-0.15, -0.1) is 0 Å². The Morgan fingerprint density at radius 2 is 1.71 bits per heavy atom. The van der Waals surface area contributed by atoms with Crippen molar-refractivity contribution >= 4 is 0 Å². The summed E-state index contributed by atoms with van der Waals surface area (Å²) in [6.45, 7) is 4.40. The van der Waals surface area contributed by atoms with Gasteiger partial charge < -0.3 is 19.7 Å². The van der Waals surface area contributed by atoms with Crippen molar-refractivity contribution in [3.05, 3.63) is 12.1 Å². The van der Waals surface area contributed by atoms with Gasteiger partial charge in [-0.3, -0.25) is 0 Å². The minimum Gasteiger partial charge on any atom is -0.504 e. The van der Waals surface area contributed by atoms with Crippen molar-refractivity contribution in [2.45, 2.75) is 13.8 Å². The van der Waals surface area contributed by atoms with Crippen molar-refractivity contribution in [1.29, 1.82) is 0 Å². The van der Waals surface area contributed by atoms with E-state index in [9.17, 15) is 10.2 Å². The van der Waals surface area contributed by atoms with E-state index in [1.807, 2.05) is 6.92 Å². The second kappa shape index (κ2) is 4.60. The Morgan fingerprint density at radius 3 is 2.29 bits per heavy atom. The molecule has 0 atom stereocenters. The maximum absolute atomic E-state index is 9.62. The van der Waals surface area contributed by atoms with E-state index in [4.69, 9.17) is 9.47 Å². The molecule has 0 bridgehead atoms. The number of phenolic OH excluding ortho intramolecular Hbond substituents is 2. The third-order valence-corrected chi connectivity index (χ3v) is 1.66. The van der Waals surface area contributed by atoms with Gasteiger partial charge in [-0.25, -0.2) is 0 Å². The number of aromatic hydroxyl groups is 2. The quantitative estimate of drug-likeness (QED) is 0.775. The largest absolute Gasteiger partial charge is 0.504 e. The van der Waals surface area contributed by atoms with Gasteiger partial charge in [0, 0.05) is 0 Å². The van der Waals surface area contributed by atoms with Gasteiger partial charge in [-0.1, -0.05) is 0 Å². The van der Waals surface area contributed by atoms with Crippen LogP contribution in [0.1, 0.15) is 13.8 Å². The van der Waals surface area contributed by atoms with E-state index in [0.717, 1.165) is 0 Å². The highest BCUT2D eigenvalue weighted by atomic mass is 16.5. The van der Waals surface area contributed by atoms with Gasteiger partial charge in [0.1, 0.15) is 0 Å². The molecule has 0 aliphatic heterocycles. The zero-order valence-electron chi connectivity index (χ0n) is 8.28. The van der Waals surface area contributed by atoms with Crippen LogP contribution in [0.4, 0.5) is 0 Å². The first-order valence-electron chi connectivity index (χ1n) is 4.51. The summed E-state index contributed by atoms with van der Waals surface area (Å²) in [5.74, 6) is 0.133. The Hall–Kier alpha value is -1.58. The van der Waals surface area contributed by atoms with Gasteiger partial charge in [0.05, 0.1) is 13.2 Å². The number of rotatable bonds is 4. The minimum atomic E-state index is -0.159. The fraction of sp³-hybridized carbons (Fsp3) is 0.400. The molecule has 0 saturated heterocycles. The first-order chi connectivity index (χ1) is 6.70. The topological polar surface area (TPSA) is 58.9 Å². The highest BCUT2D eigenvalue weighted by molar-refractivity contribution is 5.57. The Kier molecular flexibility index (Phi) is 3.45. The van der Waals surface area contributed by atoms with E-state index >= 15 is 0 Å². The Morgan fingerprint density at radius 1 is 1.07 bits per heavy atom. The maximum Gasteiger partial charge on any atom is 0.207 e. The molecule has 0 aliphatic carbocycles.